The van der Waals surface area contributed by atoms with Crippen molar-refractivity contribution in [3.05, 3.63) is 53.3 Å². The summed E-state index contributed by atoms with van der Waals surface area (Å²) < 4.78 is 1.66. The predicted octanol–water partition coefficient (Wildman–Crippen LogP) is 2.54. The first-order valence-electron chi connectivity index (χ1n) is 5.48. The molecule has 90 valence electrons. The van der Waals surface area contributed by atoms with E-state index >= 15 is 0 Å². The Morgan fingerprint density at radius 1 is 1.11 bits per heavy atom. The third-order valence-electron chi connectivity index (χ3n) is 2.67. The van der Waals surface area contributed by atoms with Crippen LogP contribution in [0.3, 0.4) is 0 Å². The molecule has 1 N–H and O–H groups in total. The van der Waals surface area contributed by atoms with Crippen LogP contribution in [0.2, 0.25) is 5.02 Å². The highest BCUT2D eigenvalue weighted by Crippen LogP contribution is 2.19. The van der Waals surface area contributed by atoms with Gasteiger partial charge in [-0.2, -0.15) is 5.10 Å². The molecular formula is C13H10ClN3O. The van der Waals surface area contributed by atoms with Crippen LogP contribution in [0.1, 0.15) is 5.69 Å². The topological polar surface area (TPSA) is 50.4 Å². The summed E-state index contributed by atoms with van der Waals surface area (Å²) in [6.07, 6.45) is 1.72. The molecule has 3 aromatic rings. The van der Waals surface area contributed by atoms with Gasteiger partial charge >= 0.3 is 0 Å². The number of hydrogen-bond acceptors (Lipinski definition) is 3. The first-order valence-corrected chi connectivity index (χ1v) is 5.86. The molecule has 0 radical (unpaired) electrons. The maximum atomic E-state index is 9.04. The molecule has 0 bridgehead atoms. The monoisotopic (exact) mass is 259 g/mol. The van der Waals surface area contributed by atoms with E-state index in [4.69, 9.17) is 16.7 Å². The minimum absolute atomic E-state index is 0.0837. The van der Waals surface area contributed by atoms with Gasteiger partial charge in [-0.1, -0.05) is 23.7 Å². The van der Waals surface area contributed by atoms with Gasteiger partial charge in [0.2, 0.25) is 0 Å². The summed E-state index contributed by atoms with van der Waals surface area (Å²) in [5.74, 6) is 0. The number of aromatic nitrogens is 3. The molecule has 0 fully saturated rings. The van der Waals surface area contributed by atoms with Gasteiger partial charge in [0, 0.05) is 10.6 Å². The molecule has 0 atom stereocenters. The number of rotatable bonds is 2. The summed E-state index contributed by atoms with van der Waals surface area (Å²) in [7, 11) is 0. The summed E-state index contributed by atoms with van der Waals surface area (Å²) in [4.78, 5) is 4.21. The van der Waals surface area contributed by atoms with Crippen molar-refractivity contribution in [1.82, 2.24) is 14.6 Å². The standard InChI is InChI=1S/C13H10ClN3O/c14-10-3-1-9(2-4-10)12-5-6-13-15-11(8-18)7-17(13)16-12/h1-7,18H,8H2. The lowest BCUT2D eigenvalue weighted by Gasteiger charge is -2.01. The molecule has 0 unspecified atom stereocenters. The zero-order valence-corrected chi connectivity index (χ0v) is 10.2. The van der Waals surface area contributed by atoms with E-state index < -0.39 is 0 Å². The summed E-state index contributed by atoms with van der Waals surface area (Å²) in [6, 6.07) is 11.3. The molecule has 0 spiro atoms. The SMILES string of the molecule is OCc1cn2nc(-c3ccc(Cl)cc3)ccc2n1. The van der Waals surface area contributed by atoms with Crippen LogP contribution in [-0.2, 0) is 6.61 Å². The molecule has 2 heterocycles. The van der Waals surface area contributed by atoms with Crippen molar-refractivity contribution in [3.8, 4) is 11.3 Å². The second-order valence-corrected chi connectivity index (χ2v) is 4.36. The van der Waals surface area contributed by atoms with Crippen LogP contribution in [0.25, 0.3) is 16.9 Å². The molecule has 0 aliphatic carbocycles. The van der Waals surface area contributed by atoms with Crippen LogP contribution in [-0.4, -0.2) is 19.7 Å². The minimum atomic E-state index is -0.0837. The second-order valence-electron chi connectivity index (χ2n) is 3.92. The number of hydrogen-bond donors (Lipinski definition) is 1. The summed E-state index contributed by atoms with van der Waals surface area (Å²) in [6.45, 7) is -0.0837. The number of aliphatic hydroxyl groups excluding tert-OH is 1. The van der Waals surface area contributed by atoms with E-state index in [1.165, 1.54) is 0 Å². The van der Waals surface area contributed by atoms with Crippen molar-refractivity contribution < 1.29 is 5.11 Å². The van der Waals surface area contributed by atoms with Gasteiger partial charge in [-0.25, -0.2) is 9.50 Å². The molecule has 5 heteroatoms. The van der Waals surface area contributed by atoms with Gasteiger partial charge < -0.3 is 5.11 Å². The van der Waals surface area contributed by atoms with Gasteiger partial charge in [0.1, 0.15) is 0 Å². The molecule has 0 saturated heterocycles. The van der Waals surface area contributed by atoms with E-state index in [0.717, 1.165) is 16.9 Å². The Kier molecular flexibility index (Phi) is 2.74. The molecule has 2 aromatic heterocycles. The zero-order chi connectivity index (χ0) is 12.5. The highest BCUT2D eigenvalue weighted by molar-refractivity contribution is 6.30. The van der Waals surface area contributed by atoms with Crippen LogP contribution < -0.4 is 0 Å². The lowest BCUT2D eigenvalue weighted by atomic mass is 10.1. The number of fused-ring (bicyclic) bond motifs is 1. The van der Waals surface area contributed by atoms with Crippen molar-refractivity contribution >= 4 is 17.2 Å². The summed E-state index contributed by atoms with van der Waals surface area (Å²) in [5.41, 5.74) is 3.15. The van der Waals surface area contributed by atoms with Crippen LogP contribution in [0, 0.1) is 0 Å². The molecular weight excluding hydrogens is 250 g/mol. The first kappa shape index (κ1) is 11.2. The van der Waals surface area contributed by atoms with E-state index in [9.17, 15) is 0 Å². The van der Waals surface area contributed by atoms with Gasteiger partial charge in [-0.05, 0) is 24.3 Å². The van der Waals surface area contributed by atoms with Crippen molar-refractivity contribution in [2.75, 3.05) is 0 Å². The largest absolute Gasteiger partial charge is 0.390 e. The lowest BCUT2D eigenvalue weighted by Crippen LogP contribution is -1.92. The molecule has 3 rings (SSSR count). The fourth-order valence-corrected chi connectivity index (χ4v) is 1.91. The van der Waals surface area contributed by atoms with Gasteiger partial charge in [0.15, 0.2) is 5.65 Å². The van der Waals surface area contributed by atoms with Gasteiger partial charge in [-0.15, -0.1) is 0 Å². The van der Waals surface area contributed by atoms with E-state index in [1.807, 2.05) is 36.4 Å². The number of aliphatic hydroxyl groups is 1. The van der Waals surface area contributed by atoms with Gasteiger partial charge in [0.05, 0.1) is 24.2 Å². The Morgan fingerprint density at radius 2 is 1.89 bits per heavy atom. The molecule has 0 aliphatic heterocycles. The summed E-state index contributed by atoms with van der Waals surface area (Å²) >= 11 is 5.85. The van der Waals surface area contributed by atoms with Crippen molar-refractivity contribution in [2.24, 2.45) is 0 Å². The smallest absolute Gasteiger partial charge is 0.153 e. The number of halogens is 1. The Labute approximate surface area is 108 Å². The molecule has 0 aliphatic rings. The number of benzene rings is 1. The van der Waals surface area contributed by atoms with Gasteiger partial charge in [0.25, 0.3) is 0 Å². The van der Waals surface area contributed by atoms with Crippen LogP contribution in [0.5, 0.6) is 0 Å². The Balaban J connectivity index is 2.09. The predicted molar refractivity (Wildman–Crippen MR) is 69.4 cm³/mol. The van der Waals surface area contributed by atoms with Crippen LogP contribution in [0.4, 0.5) is 0 Å². The van der Waals surface area contributed by atoms with Crippen LogP contribution >= 0.6 is 11.6 Å². The molecule has 1 aromatic carbocycles. The third-order valence-corrected chi connectivity index (χ3v) is 2.92. The third kappa shape index (κ3) is 1.96. The molecule has 18 heavy (non-hydrogen) atoms. The van der Waals surface area contributed by atoms with Crippen molar-refractivity contribution in [2.45, 2.75) is 6.61 Å². The maximum Gasteiger partial charge on any atom is 0.153 e. The van der Waals surface area contributed by atoms with Gasteiger partial charge in [-0.3, -0.25) is 0 Å². The Morgan fingerprint density at radius 3 is 2.61 bits per heavy atom. The summed E-state index contributed by atoms with van der Waals surface area (Å²) in [5, 5.41) is 14.2. The van der Waals surface area contributed by atoms with Crippen molar-refractivity contribution in [1.29, 1.82) is 0 Å². The average Bonchev–Trinajstić information content (AvgIpc) is 2.81. The maximum absolute atomic E-state index is 9.04. The average molecular weight is 260 g/mol. The minimum Gasteiger partial charge on any atom is -0.390 e. The highest BCUT2D eigenvalue weighted by atomic mass is 35.5. The fourth-order valence-electron chi connectivity index (χ4n) is 1.78. The molecule has 0 saturated carbocycles. The first-order chi connectivity index (χ1) is 8.76. The van der Waals surface area contributed by atoms with E-state index in [0.29, 0.717) is 10.7 Å². The van der Waals surface area contributed by atoms with E-state index in [-0.39, 0.29) is 6.61 Å². The fraction of sp³-hybridized carbons (Fsp3) is 0.0769. The van der Waals surface area contributed by atoms with E-state index in [1.54, 1.807) is 10.7 Å². The second kappa shape index (κ2) is 4.40. The Hall–Kier alpha value is -1.91. The molecule has 4 nitrogen and oxygen atoms in total. The Bertz CT molecular complexity index is 691. The molecule has 0 amide bonds. The number of nitrogens with zero attached hydrogens (tertiary/aromatic N) is 3. The highest BCUT2D eigenvalue weighted by Gasteiger charge is 2.04. The van der Waals surface area contributed by atoms with E-state index in [2.05, 4.69) is 10.1 Å². The number of imidazole rings is 1. The van der Waals surface area contributed by atoms with Crippen LogP contribution in [0.15, 0.2) is 42.6 Å². The zero-order valence-electron chi connectivity index (χ0n) is 9.42. The van der Waals surface area contributed by atoms with Crippen molar-refractivity contribution in [3.63, 3.8) is 0 Å². The lowest BCUT2D eigenvalue weighted by molar-refractivity contribution is 0.277. The quantitative estimate of drug-likeness (QED) is 0.769. The normalized spacial score (nSPS) is 11.0.